The molecule has 25 heavy (non-hydrogen) atoms. The molecular formula is C18H16N6O. The van der Waals surface area contributed by atoms with E-state index in [2.05, 4.69) is 30.7 Å². The maximum Gasteiger partial charge on any atom is 0.265 e. The quantitative estimate of drug-likeness (QED) is 0.432. The van der Waals surface area contributed by atoms with Gasteiger partial charge >= 0.3 is 0 Å². The van der Waals surface area contributed by atoms with Crippen LogP contribution in [0.15, 0.2) is 53.6 Å². The second kappa shape index (κ2) is 6.56. The molecule has 0 saturated heterocycles. The predicted octanol–water partition coefficient (Wildman–Crippen LogP) is 3.35. The fourth-order valence-corrected chi connectivity index (χ4v) is 2.55. The van der Waals surface area contributed by atoms with Crippen molar-refractivity contribution in [2.75, 3.05) is 12.0 Å². The first-order valence-electron chi connectivity index (χ1n) is 7.96. The summed E-state index contributed by atoms with van der Waals surface area (Å²) < 4.78 is 5.41. The van der Waals surface area contributed by atoms with Crippen LogP contribution in [0.3, 0.4) is 0 Å². The smallest absolute Gasteiger partial charge is 0.265 e. The Kier molecular flexibility index (Phi) is 3.96. The standard InChI is InChI=1S/C18H16N6O/c1-2-25-13-9-7-12(8-10-13)11-19-23-18-21-17-16(22-24-18)14-5-3-4-6-15(14)20-17/h3-11H,2H2,1H3,(H2,20,21,23,24)/b19-11+. The lowest BCUT2D eigenvalue weighted by Crippen LogP contribution is -1.99. The van der Waals surface area contributed by atoms with E-state index in [0.29, 0.717) is 18.2 Å². The van der Waals surface area contributed by atoms with Gasteiger partial charge in [-0.1, -0.05) is 18.2 Å². The SMILES string of the molecule is CCOc1ccc(/C=N/Nc2nnc3c(n2)[nH]c2ccccc23)cc1. The number of hydrogen-bond donors (Lipinski definition) is 2. The number of ether oxygens (including phenoxy) is 1. The summed E-state index contributed by atoms with van der Waals surface area (Å²) >= 11 is 0. The van der Waals surface area contributed by atoms with Crippen molar-refractivity contribution in [2.45, 2.75) is 6.92 Å². The fourth-order valence-electron chi connectivity index (χ4n) is 2.55. The zero-order chi connectivity index (χ0) is 17.1. The van der Waals surface area contributed by atoms with Gasteiger partial charge < -0.3 is 9.72 Å². The molecule has 0 aliphatic rings. The number of para-hydroxylation sites is 1. The Morgan fingerprint density at radius 2 is 1.96 bits per heavy atom. The van der Waals surface area contributed by atoms with E-state index in [1.807, 2.05) is 55.5 Å². The zero-order valence-electron chi connectivity index (χ0n) is 13.6. The van der Waals surface area contributed by atoms with E-state index in [-0.39, 0.29) is 0 Å². The van der Waals surface area contributed by atoms with Gasteiger partial charge in [-0.25, -0.2) is 5.43 Å². The molecule has 4 rings (SSSR count). The van der Waals surface area contributed by atoms with Crippen LogP contribution in [0.2, 0.25) is 0 Å². The van der Waals surface area contributed by atoms with Crippen molar-refractivity contribution < 1.29 is 4.74 Å². The molecule has 2 N–H and O–H groups in total. The molecule has 4 aromatic rings. The summed E-state index contributed by atoms with van der Waals surface area (Å²) in [5, 5.41) is 13.5. The lowest BCUT2D eigenvalue weighted by atomic mass is 10.2. The van der Waals surface area contributed by atoms with Crippen molar-refractivity contribution in [2.24, 2.45) is 5.10 Å². The minimum atomic E-state index is 0.334. The van der Waals surface area contributed by atoms with Crippen LogP contribution in [0.4, 0.5) is 5.95 Å². The highest BCUT2D eigenvalue weighted by Crippen LogP contribution is 2.21. The topological polar surface area (TPSA) is 88.1 Å². The van der Waals surface area contributed by atoms with Crippen molar-refractivity contribution in [3.63, 3.8) is 0 Å². The van der Waals surface area contributed by atoms with E-state index in [4.69, 9.17) is 4.74 Å². The van der Waals surface area contributed by atoms with Crippen molar-refractivity contribution in [1.29, 1.82) is 0 Å². The Morgan fingerprint density at radius 1 is 1.12 bits per heavy atom. The normalized spacial score (nSPS) is 11.4. The van der Waals surface area contributed by atoms with Gasteiger partial charge in [0.05, 0.1) is 12.8 Å². The molecule has 0 amide bonds. The lowest BCUT2D eigenvalue weighted by Gasteiger charge is -2.02. The highest BCUT2D eigenvalue weighted by Gasteiger charge is 2.07. The third-order valence-corrected chi connectivity index (χ3v) is 3.69. The number of H-pyrrole nitrogens is 1. The minimum absolute atomic E-state index is 0.334. The van der Waals surface area contributed by atoms with E-state index >= 15 is 0 Å². The van der Waals surface area contributed by atoms with Gasteiger partial charge in [-0.2, -0.15) is 10.1 Å². The van der Waals surface area contributed by atoms with Crippen LogP contribution in [0.1, 0.15) is 12.5 Å². The van der Waals surface area contributed by atoms with Crippen molar-refractivity contribution >= 4 is 34.2 Å². The molecule has 0 bridgehead atoms. The maximum atomic E-state index is 5.41. The van der Waals surface area contributed by atoms with Crippen LogP contribution < -0.4 is 10.2 Å². The predicted molar refractivity (Wildman–Crippen MR) is 98.0 cm³/mol. The molecule has 0 aliphatic carbocycles. The summed E-state index contributed by atoms with van der Waals surface area (Å²) in [5.41, 5.74) is 6.15. The van der Waals surface area contributed by atoms with Crippen LogP contribution in [0, 0.1) is 0 Å². The first kappa shape index (κ1) is 15.1. The number of nitrogens with one attached hydrogen (secondary N) is 2. The van der Waals surface area contributed by atoms with E-state index in [1.54, 1.807) is 6.21 Å². The minimum Gasteiger partial charge on any atom is -0.494 e. The van der Waals surface area contributed by atoms with Gasteiger partial charge in [0, 0.05) is 10.9 Å². The second-order valence-corrected chi connectivity index (χ2v) is 5.38. The Labute approximate surface area is 143 Å². The molecule has 0 spiro atoms. The third-order valence-electron chi connectivity index (χ3n) is 3.69. The summed E-state index contributed by atoms with van der Waals surface area (Å²) in [6, 6.07) is 15.6. The van der Waals surface area contributed by atoms with Gasteiger partial charge in [-0.3, -0.25) is 0 Å². The van der Waals surface area contributed by atoms with Crippen molar-refractivity contribution in [3.8, 4) is 5.75 Å². The Hall–Kier alpha value is -3.48. The largest absolute Gasteiger partial charge is 0.494 e. The van der Waals surface area contributed by atoms with Crippen LogP contribution >= 0.6 is 0 Å². The number of rotatable bonds is 5. The molecule has 0 saturated carbocycles. The van der Waals surface area contributed by atoms with Crippen LogP contribution in [0.5, 0.6) is 5.75 Å². The first-order valence-corrected chi connectivity index (χ1v) is 7.96. The van der Waals surface area contributed by atoms with Gasteiger partial charge in [0.15, 0.2) is 5.65 Å². The molecular weight excluding hydrogens is 316 g/mol. The van der Waals surface area contributed by atoms with Crippen LogP contribution in [0.25, 0.3) is 22.1 Å². The molecule has 0 radical (unpaired) electrons. The molecule has 0 atom stereocenters. The lowest BCUT2D eigenvalue weighted by molar-refractivity contribution is 0.340. The summed E-state index contributed by atoms with van der Waals surface area (Å²) in [4.78, 5) is 7.63. The summed E-state index contributed by atoms with van der Waals surface area (Å²) in [6.45, 7) is 2.60. The number of anilines is 1. The molecule has 0 aliphatic heterocycles. The Morgan fingerprint density at radius 3 is 2.80 bits per heavy atom. The van der Waals surface area contributed by atoms with Gasteiger partial charge in [0.25, 0.3) is 5.95 Å². The average molecular weight is 332 g/mol. The number of nitrogens with zero attached hydrogens (tertiary/aromatic N) is 4. The summed E-state index contributed by atoms with van der Waals surface area (Å²) in [5.74, 6) is 1.17. The monoisotopic (exact) mass is 332 g/mol. The van der Waals surface area contributed by atoms with Gasteiger partial charge in [-0.15, -0.1) is 10.2 Å². The number of hydrogen-bond acceptors (Lipinski definition) is 6. The number of hydrazone groups is 1. The van der Waals surface area contributed by atoms with Gasteiger partial charge in [0.1, 0.15) is 11.3 Å². The Balaban J connectivity index is 1.51. The van der Waals surface area contributed by atoms with E-state index in [9.17, 15) is 0 Å². The molecule has 124 valence electrons. The summed E-state index contributed by atoms with van der Waals surface area (Å²) in [7, 11) is 0. The number of aromatic nitrogens is 4. The average Bonchev–Trinajstić information content (AvgIpc) is 3.01. The fraction of sp³-hybridized carbons (Fsp3) is 0.111. The van der Waals surface area contributed by atoms with E-state index < -0.39 is 0 Å². The second-order valence-electron chi connectivity index (χ2n) is 5.38. The van der Waals surface area contributed by atoms with E-state index in [0.717, 1.165) is 27.7 Å². The highest BCUT2D eigenvalue weighted by atomic mass is 16.5. The van der Waals surface area contributed by atoms with Crippen molar-refractivity contribution in [3.05, 3.63) is 54.1 Å². The molecule has 7 nitrogen and oxygen atoms in total. The third kappa shape index (κ3) is 3.12. The molecule has 0 unspecified atom stereocenters. The zero-order valence-corrected chi connectivity index (χ0v) is 13.6. The van der Waals surface area contributed by atoms with Gasteiger partial charge in [0.2, 0.25) is 0 Å². The first-order chi connectivity index (χ1) is 12.3. The summed E-state index contributed by atoms with van der Waals surface area (Å²) in [6.07, 6.45) is 1.69. The highest BCUT2D eigenvalue weighted by molar-refractivity contribution is 6.03. The Bertz CT molecular complexity index is 1040. The molecule has 2 aromatic carbocycles. The maximum absolute atomic E-state index is 5.41. The molecule has 7 heteroatoms. The van der Waals surface area contributed by atoms with Gasteiger partial charge in [-0.05, 0) is 42.8 Å². The van der Waals surface area contributed by atoms with E-state index in [1.165, 1.54) is 0 Å². The van der Waals surface area contributed by atoms with Crippen molar-refractivity contribution in [1.82, 2.24) is 20.2 Å². The number of fused-ring (bicyclic) bond motifs is 3. The molecule has 2 heterocycles. The van der Waals surface area contributed by atoms with Crippen LogP contribution in [-0.4, -0.2) is 33.0 Å². The number of benzene rings is 2. The van der Waals surface area contributed by atoms with Crippen LogP contribution in [-0.2, 0) is 0 Å². The number of aromatic amines is 1. The molecule has 2 aromatic heterocycles. The molecule has 0 fully saturated rings.